The van der Waals surface area contributed by atoms with Gasteiger partial charge in [-0.05, 0) is 37.8 Å². The van der Waals surface area contributed by atoms with Crippen molar-refractivity contribution in [2.45, 2.75) is 38.6 Å². The molecule has 0 spiro atoms. The Morgan fingerprint density at radius 3 is 3.17 bits per heavy atom. The zero-order chi connectivity index (χ0) is 16.7. The smallest absolute Gasteiger partial charge is 0.289 e. The molecule has 24 heavy (non-hydrogen) atoms. The Labute approximate surface area is 144 Å². The third kappa shape index (κ3) is 2.51. The average molecular weight is 341 g/mol. The second-order valence-electron chi connectivity index (χ2n) is 6.09. The Bertz CT molecular complexity index is 866. The maximum Gasteiger partial charge on any atom is 0.289 e. The highest BCUT2D eigenvalue weighted by molar-refractivity contribution is 7.11. The van der Waals surface area contributed by atoms with E-state index in [-0.39, 0.29) is 11.9 Å². The Balaban J connectivity index is 1.65. The molecule has 5 nitrogen and oxygen atoms in total. The minimum Gasteiger partial charge on any atom is -0.449 e. The largest absolute Gasteiger partial charge is 0.449 e. The van der Waals surface area contributed by atoms with Crippen molar-refractivity contribution in [3.05, 3.63) is 45.7 Å². The molecule has 3 heterocycles. The van der Waals surface area contributed by atoms with Crippen molar-refractivity contribution in [1.29, 1.82) is 0 Å². The van der Waals surface area contributed by atoms with E-state index in [0.29, 0.717) is 16.9 Å². The quantitative estimate of drug-likeness (QED) is 0.722. The van der Waals surface area contributed by atoms with Gasteiger partial charge in [-0.2, -0.15) is 0 Å². The van der Waals surface area contributed by atoms with Crippen LogP contribution in [0.25, 0.3) is 11.1 Å². The van der Waals surface area contributed by atoms with Crippen LogP contribution < -0.4 is 0 Å². The minimum absolute atomic E-state index is 0.0835. The van der Waals surface area contributed by atoms with Crippen LogP contribution in [0, 0.1) is 0 Å². The number of carbonyl (C=O) groups excluding carboxylic acids is 1. The number of aryl methyl sites for hydroxylation is 2. The summed E-state index contributed by atoms with van der Waals surface area (Å²) in [5.74, 6) is 0.246. The fourth-order valence-electron chi connectivity index (χ4n) is 3.26. The predicted octanol–water partition coefficient (Wildman–Crippen LogP) is 4.00. The van der Waals surface area contributed by atoms with Crippen molar-refractivity contribution in [2.75, 3.05) is 7.05 Å². The van der Waals surface area contributed by atoms with Crippen molar-refractivity contribution in [2.24, 2.45) is 0 Å². The lowest BCUT2D eigenvalue weighted by atomic mass is 9.97. The Kier molecular flexibility index (Phi) is 3.84. The molecule has 0 aromatic carbocycles. The summed E-state index contributed by atoms with van der Waals surface area (Å²) in [6, 6.07) is 5.44. The average Bonchev–Trinajstić information content (AvgIpc) is 3.23. The van der Waals surface area contributed by atoms with Crippen molar-refractivity contribution in [1.82, 2.24) is 14.9 Å². The number of aromatic nitrogens is 2. The molecular weight excluding hydrogens is 322 g/mol. The second kappa shape index (κ2) is 6.02. The number of fused-ring (bicyclic) bond motifs is 2. The Morgan fingerprint density at radius 2 is 2.38 bits per heavy atom. The molecule has 1 aliphatic rings. The summed E-state index contributed by atoms with van der Waals surface area (Å²) < 4.78 is 5.69. The van der Waals surface area contributed by atoms with Crippen LogP contribution in [0.3, 0.4) is 0 Å². The molecule has 4 rings (SSSR count). The highest BCUT2D eigenvalue weighted by Gasteiger charge is 2.31. The summed E-state index contributed by atoms with van der Waals surface area (Å²) >= 11 is 1.74. The fraction of sp³-hybridized carbons (Fsp3) is 0.389. The van der Waals surface area contributed by atoms with E-state index in [9.17, 15) is 4.79 Å². The van der Waals surface area contributed by atoms with Crippen molar-refractivity contribution in [3.63, 3.8) is 0 Å². The highest BCUT2D eigenvalue weighted by Crippen LogP contribution is 2.38. The van der Waals surface area contributed by atoms with Crippen LogP contribution in [-0.4, -0.2) is 27.8 Å². The van der Waals surface area contributed by atoms with Crippen molar-refractivity contribution < 1.29 is 9.21 Å². The van der Waals surface area contributed by atoms with E-state index in [1.165, 1.54) is 10.6 Å². The lowest BCUT2D eigenvalue weighted by Crippen LogP contribution is -2.32. The molecule has 0 aliphatic heterocycles. The van der Waals surface area contributed by atoms with E-state index < -0.39 is 0 Å². The maximum atomic E-state index is 12.9. The van der Waals surface area contributed by atoms with Crippen LogP contribution in [-0.2, 0) is 12.8 Å². The first-order valence-corrected chi connectivity index (χ1v) is 9.09. The molecule has 1 atom stereocenters. The fourth-order valence-corrected chi connectivity index (χ4v) is 4.49. The predicted molar refractivity (Wildman–Crippen MR) is 93.3 cm³/mol. The molecule has 6 heteroatoms. The summed E-state index contributed by atoms with van der Waals surface area (Å²) in [6.45, 7) is 2.12. The van der Waals surface area contributed by atoms with Crippen molar-refractivity contribution >= 4 is 28.3 Å². The molecule has 0 saturated carbocycles. The van der Waals surface area contributed by atoms with Gasteiger partial charge >= 0.3 is 0 Å². The molecule has 0 radical (unpaired) electrons. The molecule has 0 fully saturated rings. The van der Waals surface area contributed by atoms with Crippen LogP contribution in [0.2, 0.25) is 0 Å². The topological polar surface area (TPSA) is 59.2 Å². The zero-order valence-electron chi connectivity index (χ0n) is 13.8. The molecule has 3 aromatic rings. The number of pyridine rings is 1. The van der Waals surface area contributed by atoms with E-state index in [1.54, 1.807) is 34.6 Å². The molecular formula is C18H19N3O2S. The van der Waals surface area contributed by atoms with Gasteiger partial charge in [-0.1, -0.05) is 6.92 Å². The van der Waals surface area contributed by atoms with Gasteiger partial charge in [-0.25, -0.2) is 4.98 Å². The van der Waals surface area contributed by atoms with Gasteiger partial charge in [-0.3, -0.25) is 9.78 Å². The first-order valence-electron chi connectivity index (χ1n) is 8.27. The van der Waals surface area contributed by atoms with E-state index in [2.05, 4.69) is 11.9 Å². The number of hydrogen-bond donors (Lipinski definition) is 0. The van der Waals surface area contributed by atoms with E-state index in [1.807, 2.05) is 13.1 Å². The molecule has 3 aromatic heterocycles. The summed E-state index contributed by atoms with van der Waals surface area (Å²) in [4.78, 5) is 24.9. The van der Waals surface area contributed by atoms with Gasteiger partial charge in [0.2, 0.25) is 0 Å². The summed E-state index contributed by atoms with van der Waals surface area (Å²) in [5.41, 5.74) is 2.52. The Morgan fingerprint density at radius 1 is 1.50 bits per heavy atom. The summed E-state index contributed by atoms with van der Waals surface area (Å²) in [5, 5.41) is 1.15. The summed E-state index contributed by atoms with van der Waals surface area (Å²) in [6.07, 6.45) is 5.69. The SMILES string of the molecule is CCc1nc2c(s1)C(N(C)C(=O)c1cc3ncccc3o1)CCC2. The number of furan rings is 1. The standard InChI is InChI=1S/C18H19N3O2S/c1-3-16-20-11-6-4-7-13(17(11)24-16)21(2)18(22)15-10-12-14(23-15)8-5-9-19-12/h5,8-10,13H,3-4,6-7H2,1-2H3. The first kappa shape index (κ1) is 15.3. The molecule has 0 N–H and O–H groups in total. The first-order chi connectivity index (χ1) is 11.7. The van der Waals surface area contributed by atoms with Gasteiger partial charge in [0.25, 0.3) is 5.91 Å². The van der Waals surface area contributed by atoms with Crippen LogP contribution >= 0.6 is 11.3 Å². The van der Waals surface area contributed by atoms with Crippen LogP contribution in [0.1, 0.15) is 51.9 Å². The lowest BCUT2D eigenvalue weighted by molar-refractivity contribution is 0.0688. The van der Waals surface area contributed by atoms with Crippen molar-refractivity contribution in [3.8, 4) is 0 Å². The van der Waals surface area contributed by atoms with Gasteiger partial charge in [0.15, 0.2) is 11.3 Å². The maximum absolute atomic E-state index is 12.9. The number of thiazole rings is 1. The monoisotopic (exact) mass is 341 g/mol. The van der Waals surface area contributed by atoms with E-state index in [0.717, 1.165) is 30.7 Å². The van der Waals surface area contributed by atoms with Gasteiger partial charge in [-0.15, -0.1) is 11.3 Å². The van der Waals surface area contributed by atoms with Gasteiger partial charge < -0.3 is 9.32 Å². The molecule has 0 saturated heterocycles. The number of amides is 1. The Hall–Kier alpha value is -2.21. The van der Waals surface area contributed by atoms with Gasteiger partial charge in [0, 0.05) is 19.3 Å². The van der Waals surface area contributed by atoms with E-state index >= 15 is 0 Å². The normalized spacial score (nSPS) is 17.0. The van der Waals surface area contributed by atoms with Crippen LogP contribution in [0.15, 0.2) is 28.8 Å². The second-order valence-corrected chi connectivity index (χ2v) is 7.21. The number of carbonyl (C=O) groups is 1. The lowest BCUT2D eigenvalue weighted by Gasteiger charge is -2.30. The van der Waals surface area contributed by atoms with Gasteiger partial charge in [0.1, 0.15) is 5.52 Å². The number of hydrogen-bond acceptors (Lipinski definition) is 5. The highest BCUT2D eigenvalue weighted by atomic mass is 32.1. The molecule has 1 aliphatic carbocycles. The van der Waals surface area contributed by atoms with Crippen LogP contribution in [0.5, 0.6) is 0 Å². The number of rotatable bonds is 3. The van der Waals surface area contributed by atoms with Gasteiger partial charge in [0.05, 0.1) is 21.6 Å². The molecule has 124 valence electrons. The molecule has 1 amide bonds. The zero-order valence-corrected chi connectivity index (χ0v) is 14.6. The minimum atomic E-state index is -0.0997. The number of nitrogens with zero attached hydrogens (tertiary/aromatic N) is 3. The summed E-state index contributed by atoms with van der Waals surface area (Å²) in [7, 11) is 1.86. The third-order valence-corrected chi connectivity index (χ3v) is 5.90. The molecule has 0 bridgehead atoms. The molecule has 1 unspecified atom stereocenters. The van der Waals surface area contributed by atoms with Crippen LogP contribution in [0.4, 0.5) is 0 Å². The van der Waals surface area contributed by atoms with E-state index in [4.69, 9.17) is 9.40 Å². The third-order valence-electron chi connectivity index (χ3n) is 4.55.